The highest BCUT2D eigenvalue weighted by atomic mass is 31.2. The van der Waals surface area contributed by atoms with Gasteiger partial charge in [-0.1, -0.05) is 237 Å². The van der Waals surface area contributed by atoms with Gasteiger partial charge in [0.25, 0.3) is 7.82 Å². The first-order valence-electron chi connectivity index (χ1n) is 27.9. The van der Waals surface area contributed by atoms with Crippen molar-refractivity contribution in [2.24, 2.45) is 0 Å². The smallest absolute Gasteiger partial charge is 0.268 e. The van der Waals surface area contributed by atoms with Crippen molar-refractivity contribution in [3.05, 3.63) is 36.5 Å². The van der Waals surface area contributed by atoms with Crippen molar-refractivity contribution in [2.75, 3.05) is 40.9 Å². The minimum atomic E-state index is -4.60. The number of phosphoric acid groups is 1. The lowest BCUT2D eigenvalue weighted by atomic mass is 10.0. The van der Waals surface area contributed by atoms with Gasteiger partial charge in [0.05, 0.1) is 39.9 Å². The van der Waals surface area contributed by atoms with Gasteiger partial charge < -0.3 is 28.8 Å². The van der Waals surface area contributed by atoms with Gasteiger partial charge >= 0.3 is 0 Å². The van der Waals surface area contributed by atoms with Gasteiger partial charge in [0.15, 0.2) is 0 Å². The zero-order chi connectivity index (χ0) is 47.8. The van der Waals surface area contributed by atoms with Crippen LogP contribution in [0.1, 0.15) is 264 Å². The summed E-state index contributed by atoms with van der Waals surface area (Å²) in [6.45, 7) is 4.63. The number of unbranched alkanes of at least 4 members (excludes halogenated alkanes) is 34. The minimum absolute atomic E-state index is 0.00556. The third-order valence-electron chi connectivity index (χ3n) is 12.6. The summed E-state index contributed by atoms with van der Waals surface area (Å²) in [5.74, 6) is -0.206. The average molecular weight is 937 g/mol. The van der Waals surface area contributed by atoms with Crippen LogP contribution in [0.25, 0.3) is 0 Å². The lowest BCUT2D eigenvalue weighted by Crippen LogP contribution is -2.45. The molecular weight excluding hydrogens is 828 g/mol. The Morgan fingerprint density at radius 3 is 1.25 bits per heavy atom. The number of amides is 1. The topological polar surface area (TPSA) is 108 Å². The molecule has 0 heterocycles. The number of quaternary nitrogens is 1. The van der Waals surface area contributed by atoms with Crippen LogP contribution in [0.2, 0.25) is 0 Å². The molecule has 9 heteroatoms. The van der Waals surface area contributed by atoms with Gasteiger partial charge in [-0.2, -0.15) is 0 Å². The van der Waals surface area contributed by atoms with E-state index in [0.29, 0.717) is 17.4 Å². The van der Waals surface area contributed by atoms with Crippen LogP contribution in [0.3, 0.4) is 0 Å². The van der Waals surface area contributed by atoms with E-state index in [2.05, 4.69) is 43.5 Å². The Morgan fingerprint density at radius 2 is 0.862 bits per heavy atom. The summed E-state index contributed by atoms with van der Waals surface area (Å²) in [6, 6.07) is -0.901. The van der Waals surface area contributed by atoms with Gasteiger partial charge in [0, 0.05) is 6.42 Å². The molecule has 0 aromatic carbocycles. The van der Waals surface area contributed by atoms with Crippen molar-refractivity contribution in [1.82, 2.24) is 5.32 Å². The van der Waals surface area contributed by atoms with Crippen molar-refractivity contribution in [1.29, 1.82) is 0 Å². The summed E-state index contributed by atoms with van der Waals surface area (Å²) in [5, 5.41) is 13.8. The van der Waals surface area contributed by atoms with E-state index < -0.39 is 26.6 Å². The van der Waals surface area contributed by atoms with Gasteiger partial charge in [-0.3, -0.25) is 9.36 Å². The molecule has 0 saturated carbocycles. The van der Waals surface area contributed by atoms with Crippen LogP contribution in [0.5, 0.6) is 0 Å². The lowest BCUT2D eigenvalue weighted by molar-refractivity contribution is -0.870. The van der Waals surface area contributed by atoms with Crippen molar-refractivity contribution in [3.8, 4) is 0 Å². The van der Waals surface area contributed by atoms with E-state index in [1.165, 1.54) is 205 Å². The molecule has 0 bridgehead atoms. The van der Waals surface area contributed by atoms with Gasteiger partial charge in [-0.25, -0.2) is 0 Å². The number of aliphatic hydroxyl groups is 1. The average Bonchev–Trinajstić information content (AvgIpc) is 3.26. The number of rotatable bonds is 51. The number of aliphatic hydroxyl groups excluding tert-OH is 1. The van der Waals surface area contributed by atoms with Gasteiger partial charge in [0.1, 0.15) is 13.2 Å². The fraction of sp³-hybridized carbons (Fsp3) is 0.875. The molecule has 1 amide bonds. The van der Waals surface area contributed by atoms with E-state index in [0.717, 1.165) is 38.5 Å². The zero-order valence-electron chi connectivity index (χ0n) is 43.7. The Labute approximate surface area is 404 Å². The molecular formula is C56H109N2O6P. The SMILES string of the molecule is CCCCCCCC/C=C/CC/C=C/C(O)C(COP(=O)([O-])OCC[N+](C)(C)C)NC(=O)CCCCCCCCCCCCCCCCC/C=C\CCCCCCCCCCCCCC. The number of hydrogen-bond acceptors (Lipinski definition) is 6. The molecule has 384 valence electrons. The van der Waals surface area contributed by atoms with Gasteiger partial charge in [0.2, 0.25) is 5.91 Å². The molecule has 0 fully saturated rings. The summed E-state index contributed by atoms with van der Waals surface area (Å²) in [4.78, 5) is 25.4. The van der Waals surface area contributed by atoms with Crippen LogP contribution in [-0.4, -0.2) is 68.5 Å². The second-order valence-electron chi connectivity index (χ2n) is 20.3. The van der Waals surface area contributed by atoms with Crippen molar-refractivity contribution < 1.29 is 32.9 Å². The number of nitrogens with zero attached hydrogens (tertiary/aromatic N) is 1. The monoisotopic (exact) mass is 937 g/mol. The van der Waals surface area contributed by atoms with Crippen LogP contribution in [-0.2, 0) is 18.4 Å². The summed E-state index contributed by atoms with van der Waals surface area (Å²) in [7, 11) is 1.25. The second kappa shape index (κ2) is 47.8. The van der Waals surface area contributed by atoms with E-state index in [1.54, 1.807) is 6.08 Å². The molecule has 2 N–H and O–H groups in total. The highest BCUT2D eigenvalue weighted by Gasteiger charge is 2.23. The number of likely N-dealkylation sites (N-methyl/N-ethyl adjacent to an activating group) is 1. The summed E-state index contributed by atoms with van der Waals surface area (Å²) in [5.41, 5.74) is 0. The molecule has 0 rings (SSSR count). The van der Waals surface area contributed by atoms with Crippen molar-refractivity contribution in [2.45, 2.75) is 276 Å². The maximum absolute atomic E-state index is 12.9. The largest absolute Gasteiger partial charge is 0.756 e. The minimum Gasteiger partial charge on any atom is -0.756 e. The second-order valence-corrected chi connectivity index (χ2v) is 21.7. The molecule has 0 aliphatic heterocycles. The molecule has 3 atom stereocenters. The first-order valence-corrected chi connectivity index (χ1v) is 29.3. The quantitative estimate of drug-likeness (QED) is 0.0272. The Morgan fingerprint density at radius 1 is 0.523 bits per heavy atom. The van der Waals surface area contributed by atoms with E-state index >= 15 is 0 Å². The van der Waals surface area contributed by atoms with Gasteiger partial charge in [-0.15, -0.1) is 0 Å². The molecule has 0 aromatic heterocycles. The Hall–Kier alpha value is -1.28. The van der Waals surface area contributed by atoms with E-state index in [1.807, 2.05) is 27.2 Å². The molecule has 3 unspecified atom stereocenters. The molecule has 0 spiro atoms. The summed E-state index contributed by atoms with van der Waals surface area (Å²) in [6.07, 6.45) is 61.0. The molecule has 65 heavy (non-hydrogen) atoms. The molecule has 0 aliphatic carbocycles. The van der Waals surface area contributed by atoms with Crippen LogP contribution in [0.4, 0.5) is 0 Å². The van der Waals surface area contributed by atoms with E-state index in [-0.39, 0.29) is 12.5 Å². The molecule has 0 aromatic rings. The standard InChI is InChI=1S/C56H109N2O6P/c1-6-8-10-12-14-16-18-20-21-22-23-24-25-26-27-28-29-30-31-32-33-34-35-36-37-38-40-42-44-46-48-50-56(60)57-54(53-64-65(61,62)63-52-51-58(3,4)5)55(59)49-47-45-43-41-39-19-17-15-13-11-9-7-2/h26-27,39,41,47,49,54-55,59H,6-25,28-38,40,42-46,48,50-53H2,1-5H3,(H-,57,60,61,62)/b27-26-,41-39+,49-47+. The Bertz CT molecular complexity index is 1150. The predicted octanol–water partition coefficient (Wildman–Crippen LogP) is 16.0. The van der Waals surface area contributed by atoms with Gasteiger partial charge in [-0.05, 0) is 57.8 Å². The molecule has 0 aliphatic rings. The number of nitrogens with one attached hydrogen (secondary N) is 1. The number of allylic oxidation sites excluding steroid dienone is 5. The molecule has 8 nitrogen and oxygen atoms in total. The maximum Gasteiger partial charge on any atom is 0.268 e. The van der Waals surface area contributed by atoms with Crippen LogP contribution in [0, 0.1) is 0 Å². The highest BCUT2D eigenvalue weighted by molar-refractivity contribution is 7.45. The van der Waals surface area contributed by atoms with E-state index in [9.17, 15) is 19.4 Å². The molecule has 0 radical (unpaired) electrons. The number of carbonyl (C=O) groups excluding carboxylic acids is 1. The number of carbonyl (C=O) groups is 1. The van der Waals surface area contributed by atoms with Crippen LogP contribution in [0.15, 0.2) is 36.5 Å². The van der Waals surface area contributed by atoms with E-state index in [4.69, 9.17) is 9.05 Å². The lowest BCUT2D eigenvalue weighted by Gasteiger charge is -2.29. The highest BCUT2D eigenvalue weighted by Crippen LogP contribution is 2.38. The number of hydrogen-bond donors (Lipinski definition) is 2. The normalized spacial score (nSPS) is 14.3. The first-order chi connectivity index (χ1) is 31.5. The first kappa shape index (κ1) is 63.7. The molecule has 0 saturated heterocycles. The van der Waals surface area contributed by atoms with Crippen molar-refractivity contribution in [3.63, 3.8) is 0 Å². The Balaban J connectivity index is 4.04. The maximum atomic E-state index is 12.9. The number of phosphoric ester groups is 1. The van der Waals surface area contributed by atoms with Crippen molar-refractivity contribution >= 4 is 13.7 Å². The predicted molar refractivity (Wildman–Crippen MR) is 279 cm³/mol. The van der Waals surface area contributed by atoms with Crippen LogP contribution >= 0.6 is 7.82 Å². The summed E-state index contributed by atoms with van der Waals surface area (Å²) >= 11 is 0. The third kappa shape index (κ3) is 50.4. The summed E-state index contributed by atoms with van der Waals surface area (Å²) < 4.78 is 23.2. The zero-order valence-corrected chi connectivity index (χ0v) is 44.6. The Kier molecular flexibility index (Phi) is 46.8. The third-order valence-corrected chi connectivity index (χ3v) is 13.5. The van der Waals surface area contributed by atoms with Crippen LogP contribution < -0.4 is 10.2 Å². The fourth-order valence-corrected chi connectivity index (χ4v) is 8.89. The fourth-order valence-electron chi connectivity index (χ4n) is 8.17.